The van der Waals surface area contributed by atoms with E-state index in [-0.39, 0.29) is 22.7 Å². The molecule has 216 valence electrons. The van der Waals surface area contributed by atoms with Crippen LogP contribution in [0.2, 0.25) is 0 Å². The molecule has 1 amide bonds. The number of hydrogen-bond donors (Lipinski definition) is 3. The van der Waals surface area contributed by atoms with Crippen molar-refractivity contribution in [3.8, 4) is 0 Å². The fourth-order valence-electron chi connectivity index (χ4n) is 5.27. The van der Waals surface area contributed by atoms with E-state index in [9.17, 15) is 4.79 Å². The Balaban J connectivity index is 1.05. The zero-order valence-electron chi connectivity index (χ0n) is 23.1. The molecule has 3 N–H and O–H groups in total. The molecule has 0 radical (unpaired) electrons. The normalized spacial score (nSPS) is 16.3. The van der Waals surface area contributed by atoms with E-state index in [2.05, 4.69) is 36.6 Å². The molecule has 6 rings (SSSR count). The van der Waals surface area contributed by atoms with Gasteiger partial charge in [0.15, 0.2) is 5.11 Å². The van der Waals surface area contributed by atoms with Gasteiger partial charge in [0, 0.05) is 37.6 Å². The molecule has 1 fully saturated rings. The Morgan fingerprint density at radius 3 is 2.69 bits per heavy atom. The minimum Gasteiger partial charge on any atom is -0.352 e. The summed E-state index contributed by atoms with van der Waals surface area (Å²) in [6, 6.07) is 16.0. The standard InChI is InChI=1S/C31H32FN7OS2/c32-23-17-22(35-31(41)37-29(40)16-21-6-2-1-3-7-21)8-9-24(23)36-25-10-11-33-26-18-28(42-30(25)26)27-19-39(20-34-27)15-14-38-12-4-5-13-38/h1-3,6-11,17,19-20,28H,4-5,12-16,18H2,(H,33,36)(H2,35,37,40,41). The van der Waals surface area contributed by atoms with Gasteiger partial charge in [-0.3, -0.25) is 9.78 Å². The molecule has 1 saturated heterocycles. The molecular formula is C31H32FN7OS2. The number of thiocarbonyl (C=S) groups is 1. The van der Waals surface area contributed by atoms with E-state index in [1.165, 1.54) is 32.0 Å². The minimum atomic E-state index is -0.444. The largest absolute Gasteiger partial charge is 0.352 e. The monoisotopic (exact) mass is 601 g/mol. The average Bonchev–Trinajstić information content (AvgIpc) is 3.75. The second-order valence-corrected chi connectivity index (χ2v) is 12.1. The van der Waals surface area contributed by atoms with E-state index >= 15 is 4.39 Å². The van der Waals surface area contributed by atoms with Crippen LogP contribution in [0.15, 0.2) is 78.2 Å². The van der Waals surface area contributed by atoms with Gasteiger partial charge in [-0.15, -0.1) is 11.8 Å². The van der Waals surface area contributed by atoms with Crippen molar-refractivity contribution in [2.24, 2.45) is 0 Å². The molecule has 1 atom stereocenters. The van der Waals surface area contributed by atoms with Crippen molar-refractivity contribution in [1.29, 1.82) is 0 Å². The first-order valence-electron chi connectivity index (χ1n) is 14.1. The van der Waals surface area contributed by atoms with Crippen LogP contribution in [0.25, 0.3) is 0 Å². The smallest absolute Gasteiger partial charge is 0.230 e. The van der Waals surface area contributed by atoms with Crippen LogP contribution in [-0.2, 0) is 24.2 Å². The summed E-state index contributed by atoms with van der Waals surface area (Å²) >= 11 is 6.97. The highest BCUT2D eigenvalue weighted by atomic mass is 32.2. The zero-order valence-corrected chi connectivity index (χ0v) is 24.7. The lowest BCUT2D eigenvalue weighted by atomic mass is 10.1. The first kappa shape index (κ1) is 28.3. The summed E-state index contributed by atoms with van der Waals surface area (Å²) < 4.78 is 17.3. The Morgan fingerprint density at radius 1 is 1.05 bits per heavy atom. The third kappa shape index (κ3) is 6.97. The number of hydrogen-bond acceptors (Lipinski definition) is 7. The zero-order chi connectivity index (χ0) is 28.9. The summed E-state index contributed by atoms with van der Waals surface area (Å²) in [5.74, 6) is -0.686. The Labute approximate surface area is 254 Å². The van der Waals surface area contributed by atoms with Crippen LogP contribution in [-0.4, -0.2) is 50.1 Å². The van der Waals surface area contributed by atoms with Crippen molar-refractivity contribution >= 4 is 52.1 Å². The number of carbonyl (C=O) groups excluding carboxylic acids is 1. The van der Waals surface area contributed by atoms with Crippen molar-refractivity contribution in [2.75, 3.05) is 30.3 Å². The second kappa shape index (κ2) is 13.0. The van der Waals surface area contributed by atoms with Crippen LogP contribution in [0.3, 0.4) is 0 Å². The SMILES string of the molecule is O=C(Cc1ccccc1)NC(=S)Nc1ccc(Nc2ccnc3c2SC(c2cn(CCN4CCCC4)cn2)C3)c(F)c1. The van der Waals surface area contributed by atoms with E-state index in [4.69, 9.17) is 17.2 Å². The molecule has 2 aliphatic rings. The number of benzene rings is 2. The highest BCUT2D eigenvalue weighted by molar-refractivity contribution is 8.00. The van der Waals surface area contributed by atoms with Crippen LogP contribution >= 0.6 is 24.0 Å². The molecule has 2 aliphatic heterocycles. The molecule has 0 saturated carbocycles. The molecule has 4 aromatic rings. The number of fused-ring (bicyclic) bond motifs is 1. The van der Waals surface area contributed by atoms with E-state index < -0.39 is 5.82 Å². The Kier molecular flexibility index (Phi) is 8.78. The summed E-state index contributed by atoms with van der Waals surface area (Å²) in [7, 11) is 0. The van der Waals surface area contributed by atoms with E-state index in [0.717, 1.165) is 47.0 Å². The highest BCUT2D eigenvalue weighted by Crippen LogP contribution is 2.48. The van der Waals surface area contributed by atoms with Crippen LogP contribution in [0, 0.1) is 5.82 Å². The molecule has 0 bridgehead atoms. The number of likely N-dealkylation sites (tertiary alicyclic amines) is 1. The van der Waals surface area contributed by atoms with Crippen LogP contribution in [0.1, 0.15) is 35.0 Å². The third-order valence-electron chi connectivity index (χ3n) is 7.43. The second-order valence-electron chi connectivity index (χ2n) is 10.5. The van der Waals surface area contributed by atoms with Gasteiger partial charge in [-0.1, -0.05) is 30.3 Å². The van der Waals surface area contributed by atoms with E-state index in [0.29, 0.717) is 11.4 Å². The molecule has 42 heavy (non-hydrogen) atoms. The predicted octanol–water partition coefficient (Wildman–Crippen LogP) is 5.70. The molecular weight excluding hydrogens is 570 g/mol. The van der Waals surface area contributed by atoms with Gasteiger partial charge in [0.2, 0.25) is 5.91 Å². The maximum absolute atomic E-state index is 15.1. The molecule has 1 unspecified atom stereocenters. The molecule has 11 heteroatoms. The number of imidazole rings is 1. The first-order valence-corrected chi connectivity index (χ1v) is 15.4. The Morgan fingerprint density at radius 2 is 1.88 bits per heavy atom. The number of pyridine rings is 1. The quantitative estimate of drug-likeness (QED) is 0.211. The number of nitrogens with one attached hydrogen (secondary N) is 3. The lowest BCUT2D eigenvalue weighted by Gasteiger charge is -2.14. The number of nitrogens with zero attached hydrogens (tertiary/aromatic N) is 4. The topological polar surface area (TPSA) is 87.1 Å². The number of aromatic nitrogens is 3. The molecule has 2 aromatic heterocycles. The molecule has 2 aromatic carbocycles. The summed E-state index contributed by atoms with van der Waals surface area (Å²) in [6.07, 6.45) is 9.39. The molecule has 8 nitrogen and oxygen atoms in total. The van der Waals surface area contributed by atoms with Crippen molar-refractivity contribution in [1.82, 2.24) is 24.8 Å². The van der Waals surface area contributed by atoms with E-state index in [1.807, 2.05) is 42.7 Å². The van der Waals surface area contributed by atoms with Crippen molar-refractivity contribution in [2.45, 2.75) is 42.4 Å². The summed E-state index contributed by atoms with van der Waals surface area (Å²) in [5, 5.41) is 9.06. The van der Waals surface area contributed by atoms with Crippen LogP contribution in [0.4, 0.5) is 21.5 Å². The predicted molar refractivity (Wildman–Crippen MR) is 169 cm³/mol. The fraction of sp³-hybridized carbons (Fsp3) is 0.290. The van der Waals surface area contributed by atoms with Gasteiger partial charge in [-0.25, -0.2) is 9.37 Å². The van der Waals surface area contributed by atoms with Crippen molar-refractivity contribution in [3.63, 3.8) is 0 Å². The molecule has 0 spiro atoms. The fourth-order valence-corrected chi connectivity index (χ4v) is 6.79. The number of halogens is 1. The van der Waals surface area contributed by atoms with E-state index in [1.54, 1.807) is 30.1 Å². The highest BCUT2D eigenvalue weighted by Gasteiger charge is 2.29. The summed E-state index contributed by atoms with van der Waals surface area (Å²) in [5.41, 5.74) is 4.50. The lowest BCUT2D eigenvalue weighted by Crippen LogP contribution is -2.35. The number of carbonyl (C=O) groups is 1. The van der Waals surface area contributed by atoms with Gasteiger partial charge in [0.05, 0.1) is 45.7 Å². The molecule has 4 heterocycles. The third-order valence-corrected chi connectivity index (χ3v) is 9.02. The number of amides is 1. The maximum atomic E-state index is 15.1. The van der Waals surface area contributed by atoms with Gasteiger partial charge in [0.1, 0.15) is 5.82 Å². The first-order chi connectivity index (χ1) is 20.5. The van der Waals surface area contributed by atoms with Crippen LogP contribution < -0.4 is 16.0 Å². The Hall–Kier alpha value is -3.80. The van der Waals surface area contributed by atoms with Gasteiger partial charge in [-0.2, -0.15) is 0 Å². The van der Waals surface area contributed by atoms with Gasteiger partial charge < -0.3 is 25.4 Å². The average molecular weight is 602 g/mol. The minimum absolute atomic E-state index is 0.115. The Bertz CT molecular complexity index is 1570. The van der Waals surface area contributed by atoms with Gasteiger partial charge >= 0.3 is 0 Å². The lowest BCUT2D eigenvalue weighted by molar-refractivity contribution is -0.119. The number of rotatable bonds is 9. The summed E-state index contributed by atoms with van der Waals surface area (Å²) in [4.78, 5) is 25.1. The number of anilines is 3. The maximum Gasteiger partial charge on any atom is 0.230 e. The summed E-state index contributed by atoms with van der Waals surface area (Å²) in [6.45, 7) is 4.38. The number of thioether (sulfide) groups is 1. The van der Waals surface area contributed by atoms with Crippen molar-refractivity contribution in [3.05, 3.63) is 96.1 Å². The van der Waals surface area contributed by atoms with Crippen LogP contribution in [0.5, 0.6) is 0 Å². The van der Waals surface area contributed by atoms with Crippen molar-refractivity contribution < 1.29 is 9.18 Å². The van der Waals surface area contributed by atoms with Gasteiger partial charge in [-0.05, 0) is 68.0 Å². The molecule has 0 aliphatic carbocycles. The van der Waals surface area contributed by atoms with Gasteiger partial charge in [0.25, 0.3) is 0 Å².